The molecule has 0 saturated heterocycles. The summed E-state index contributed by atoms with van der Waals surface area (Å²) in [5.74, 6) is 1.92. The third-order valence-corrected chi connectivity index (χ3v) is 4.59. The van der Waals surface area contributed by atoms with Gasteiger partial charge in [0, 0.05) is 17.4 Å². The lowest BCUT2D eigenvalue weighted by molar-refractivity contribution is 0.0768. The number of rotatable bonds is 8. The average Bonchev–Trinajstić information content (AvgIpc) is 3.08. The zero-order chi connectivity index (χ0) is 18.4. The van der Waals surface area contributed by atoms with Gasteiger partial charge in [-0.05, 0) is 29.2 Å². The second-order valence-corrected chi connectivity index (χ2v) is 7.12. The summed E-state index contributed by atoms with van der Waals surface area (Å²) in [6, 6.07) is 18.0. The molecule has 0 N–H and O–H groups in total. The quantitative estimate of drug-likeness (QED) is 0.542. The molecule has 0 aliphatic carbocycles. The Balaban J connectivity index is 1.54. The molecule has 0 aliphatic rings. The summed E-state index contributed by atoms with van der Waals surface area (Å²) < 4.78 is 11.2. The van der Waals surface area contributed by atoms with E-state index in [-0.39, 0.29) is 0 Å². The van der Waals surface area contributed by atoms with E-state index in [0.717, 1.165) is 10.6 Å². The van der Waals surface area contributed by atoms with Crippen molar-refractivity contribution in [3.63, 3.8) is 0 Å². The summed E-state index contributed by atoms with van der Waals surface area (Å²) in [5.41, 5.74) is 2.38. The highest BCUT2D eigenvalue weighted by atomic mass is 35.5. The van der Waals surface area contributed by atoms with Crippen LogP contribution in [0.1, 0.15) is 42.6 Å². The Morgan fingerprint density at radius 1 is 1.04 bits per heavy atom. The maximum atomic E-state index is 5.98. The van der Waals surface area contributed by atoms with Crippen LogP contribution in [0.3, 0.4) is 0 Å². The van der Waals surface area contributed by atoms with Gasteiger partial charge in [-0.2, -0.15) is 4.98 Å². The molecule has 136 valence electrons. The lowest BCUT2D eigenvalue weighted by atomic mass is 9.89. The number of hydrogen-bond donors (Lipinski definition) is 0. The fourth-order valence-corrected chi connectivity index (χ4v) is 2.98. The molecule has 0 spiro atoms. The molecule has 1 heterocycles. The van der Waals surface area contributed by atoms with E-state index in [0.29, 0.717) is 43.2 Å². The van der Waals surface area contributed by atoms with E-state index < -0.39 is 0 Å². The molecule has 0 amide bonds. The molecule has 1 aromatic heterocycles. The molecule has 3 aromatic rings. The highest BCUT2D eigenvalue weighted by molar-refractivity contribution is 6.30. The van der Waals surface area contributed by atoms with Crippen molar-refractivity contribution in [3.05, 3.63) is 82.5 Å². The lowest BCUT2D eigenvalue weighted by Gasteiger charge is -2.21. The molecule has 0 bridgehead atoms. The van der Waals surface area contributed by atoms with Crippen molar-refractivity contribution in [2.75, 3.05) is 6.61 Å². The zero-order valence-electron chi connectivity index (χ0n) is 15.1. The Hall–Kier alpha value is -2.17. The van der Waals surface area contributed by atoms with E-state index in [2.05, 4.69) is 36.1 Å². The minimum atomic E-state index is 0.291. The average molecular weight is 371 g/mol. The van der Waals surface area contributed by atoms with Crippen molar-refractivity contribution in [3.8, 4) is 0 Å². The number of benzene rings is 2. The van der Waals surface area contributed by atoms with Crippen LogP contribution in [0.2, 0.25) is 5.02 Å². The molecule has 0 fully saturated rings. The molecule has 3 rings (SSSR count). The van der Waals surface area contributed by atoms with E-state index in [1.807, 2.05) is 42.5 Å². The van der Waals surface area contributed by atoms with Gasteiger partial charge in [-0.1, -0.05) is 73.1 Å². The van der Waals surface area contributed by atoms with Gasteiger partial charge in [-0.15, -0.1) is 0 Å². The number of hydrogen-bond acceptors (Lipinski definition) is 4. The Morgan fingerprint density at radius 3 is 2.46 bits per heavy atom. The van der Waals surface area contributed by atoms with Crippen molar-refractivity contribution >= 4 is 11.6 Å². The van der Waals surface area contributed by atoms with Crippen LogP contribution >= 0.6 is 11.6 Å². The summed E-state index contributed by atoms with van der Waals surface area (Å²) in [7, 11) is 0. The van der Waals surface area contributed by atoms with Gasteiger partial charge in [0.15, 0.2) is 5.82 Å². The summed E-state index contributed by atoms with van der Waals surface area (Å²) in [5, 5.41) is 4.78. The maximum Gasteiger partial charge on any atom is 0.252 e. The van der Waals surface area contributed by atoms with Gasteiger partial charge in [-0.25, -0.2) is 0 Å². The van der Waals surface area contributed by atoms with E-state index in [1.165, 1.54) is 5.56 Å². The van der Waals surface area contributed by atoms with Crippen LogP contribution in [-0.2, 0) is 17.8 Å². The first kappa shape index (κ1) is 18.6. The summed E-state index contributed by atoms with van der Waals surface area (Å²) in [6.45, 7) is 5.29. The SMILES string of the molecule is CC(C)C(COCc1nc(Cc2ccccc2)no1)c1ccc(Cl)cc1. The number of ether oxygens (including phenoxy) is 1. The van der Waals surface area contributed by atoms with Gasteiger partial charge < -0.3 is 9.26 Å². The Morgan fingerprint density at radius 2 is 1.77 bits per heavy atom. The first-order valence-corrected chi connectivity index (χ1v) is 9.18. The second-order valence-electron chi connectivity index (χ2n) is 6.68. The normalized spacial score (nSPS) is 12.5. The first-order valence-electron chi connectivity index (χ1n) is 8.80. The van der Waals surface area contributed by atoms with Crippen LogP contribution in [0.15, 0.2) is 59.1 Å². The molecule has 2 aromatic carbocycles. The molecule has 26 heavy (non-hydrogen) atoms. The summed E-state index contributed by atoms with van der Waals surface area (Å²) in [6.07, 6.45) is 0.656. The highest BCUT2D eigenvalue weighted by Gasteiger charge is 2.17. The number of halogens is 1. The molecule has 0 radical (unpaired) electrons. The van der Waals surface area contributed by atoms with Crippen LogP contribution in [0.25, 0.3) is 0 Å². The van der Waals surface area contributed by atoms with Gasteiger partial charge in [0.25, 0.3) is 5.89 Å². The van der Waals surface area contributed by atoms with Crippen LogP contribution in [-0.4, -0.2) is 16.7 Å². The van der Waals surface area contributed by atoms with Crippen molar-refractivity contribution < 1.29 is 9.26 Å². The van der Waals surface area contributed by atoms with Crippen molar-refractivity contribution in [1.82, 2.24) is 10.1 Å². The highest BCUT2D eigenvalue weighted by Crippen LogP contribution is 2.26. The van der Waals surface area contributed by atoms with Crippen LogP contribution in [0, 0.1) is 5.92 Å². The fraction of sp³-hybridized carbons (Fsp3) is 0.333. The van der Waals surface area contributed by atoms with E-state index in [1.54, 1.807) is 0 Å². The molecule has 4 nitrogen and oxygen atoms in total. The monoisotopic (exact) mass is 370 g/mol. The smallest absolute Gasteiger partial charge is 0.252 e. The molecular formula is C21H23ClN2O2. The first-order chi connectivity index (χ1) is 12.6. The van der Waals surface area contributed by atoms with Crippen LogP contribution in [0.4, 0.5) is 0 Å². The van der Waals surface area contributed by atoms with Crippen molar-refractivity contribution in [1.29, 1.82) is 0 Å². The third-order valence-electron chi connectivity index (χ3n) is 4.34. The van der Waals surface area contributed by atoms with Gasteiger partial charge >= 0.3 is 0 Å². The predicted octanol–water partition coefficient (Wildman–Crippen LogP) is 5.27. The Bertz CT molecular complexity index is 800. The van der Waals surface area contributed by atoms with Crippen molar-refractivity contribution in [2.45, 2.75) is 32.8 Å². The summed E-state index contributed by atoms with van der Waals surface area (Å²) >= 11 is 5.98. The third kappa shape index (κ3) is 5.16. The van der Waals surface area contributed by atoms with Crippen LogP contribution in [0.5, 0.6) is 0 Å². The molecular weight excluding hydrogens is 348 g/mol. The lowest BCUT2D eigenvalue weighted by Crippen LogP contribution is -2.14. The molecule has 1 unspecified atom stereocenters. The van der Waals surface area contributed by atoms with E-state index >= 15 is 0 Å². The molecule has 5 heteroatoms. The molecule has 0 saturated carbocycles. The molecule has 0 aliphatic heterocycles. The van der Waals surface area contributed by atoms with Gasteiger partial charge in [0.2, 0.25) is 0 Å². The molecule has 1 atom stereocenters. The van der Waals surface area contributed by atoms with E-state index in [9.17, 15) is 0 Å². The fourth-order valence-electron chi connectivity index (χ4n) is 2.86. The van der Waals surface area contributed by atoms with Gasteiger partial charge in [0.1, 0.15) is 6.61 Å². The largest absolute Gasteiger partial charge is 0.371 e. The standard InChI is InChI=1S/C21H23ClN2O2/c1-15(2)19(17-8-10-18(22)11-9-17)13-25-14-21-23-20(24-26-21)12-16-6-4-3-5-7-16/h3-11,15,19H,12-14H2,1-2H3. The van der Waals surface area contributed by atoms with Crippen LogP contribution < -0.4 is 0 Å². The summed E-state index contributed by atoms with van der Waals surface area (Å²) in [4.78, 5) is 4.41. The van der Waals surface area contributed by atoms with Gasteiger partial charge in [-0.3, -0.25) is 0 Å². The second kappa shape index (κ2) is 8.97. The van der Waals surface area contributed by atoms with E-state index in [4.69, 9.17) is 20.9 Å². The number of nitrogens with zero attached hydrogens (tertiary/aromatic N) is 2. The maximum absolute atomic E-state index is 5.98. The van der Waals surface area contributed by atoms with Gasteiger partial charge in [0.05, 0.1) is 6.61 Å². The Kier molecular flexibility index (Phi) is 6.42. The minimum absolute atomic E-state index is 0.291. The Labute approximate surface area is 159 Å². The minimum Gasteiger partial charge on any atom is -0.371 e. The predicted molar refractivity (Wildman–Crippen MR) is 102 cm³/mol. The van der Waals surface area contributed by atoms with Crippen molar-refractivity contribution in [2.24, 2.45) is 5.92 Å². The number of aromatic nitrogens is 2. The zero-order valence-corrected chi connectivity index (χ0v) is 15.8. The topological polar surface area (TPSA) is 48.2 Å².